The van der Waals surface area contributed by atoms with Crippen LogP contribution in [0.4, 0.5) is 30.2 Å². The van der Waals surface area contributed by atoms with Crippen LogP contribution in [0.25, 0.3) is 0 Å². The van der Waals surface area contributed by atoms with Crippen LogP contribution >= 0.6 is 27.5 Å². The highest BCUT2D eigenvalue weighted by Gasteiger charge is 2.32. The lowest BCUT2D eigenvalue weighted by Crippen LogP contribution is -2.51. The summed E-state index contributed by atoms with van der Waals surface area (Å²) >= 11 is 9.62. The average molecular weight is 1440 g/mol. The summed E-state index contributed by atoms with van der Waals surface area (Å²) in [4.78, 5) is 7.76. The second-order valence-corrected chi connectivity index (χ2v) is 38.0. The van der Waals surface area contributed by atoms with E-state index in [1.807, 2.05) is 32.9 Å². The molecule has 4 aromatic carbocycles. The molecule has 4 N–H and O–H groups in total. The SMILES string of the molecule is CC(C)(C)Cc1ccccc1Br.CC(C)(C)N1CCCCC1.CC(C)(C)N1CCCCCC1.CC(C)(C)Nc1ccc(F)cc1.CC(C)(C)Nc1ccc(F)cc1F.CC1CCCC(C)C1NC(C)(C)C.CC1CCCCC1N(C)C(C)(C)C.Cc1cccc(Cl)c1NC(C)(C)C. The predicted octanol–water partition coefficient (Wildman–Crippen LogP) is 25.5. The maximum Gasteiger partial charge on any atom is 0.149 e. The summed E-state index contributed by atoms with van der Waals surface area (Å²) in [6, 6.07) is 25.8. The standard InChI is InChI=1S/2C12H25N.C11H15Br.C11H16ClN.C10H13F2N.C10H14FN.C10H21N.C9H19N/c1-10-8-6-7-9-11(10)13(5)12(2,3)4;1-9-7-6-8-10(2)11(9)13-12(3,4)5;1-11(2,3)8-9-6-4-5-7-10(9)12;1-8-6-5-7-9(12)10(8)13-11(2,3)4;1-10(2,3)13-9-5-4-7(11)6-8(9)12;1-10(2,3)12-9-6-4-8(11)5-7-9;1-10(2,3)11-8-6-4-5-7-9-11;1-9(2,3)10-7-5-4-6-8-10/h10-11H,6-9H2,1-5H3;9-11,13H,6-8H2,1-5H3;4-7H,8H2,1-3H3;5-7,13H,1-4H3;4-6,13H,1-3H3;4-7,12H,1-3H3;4-9H2,1-3H3;4-8H2,1-3H3. The summed E-state index contributed by atoms with van der Waals surface area (Å²) in [7, 11) is 2.28. The van der Waals surface area contributed by atoms with Gasteiger partial charge in [-0.05, 0) is 326 Å². The molecule has 4 unspecified atom stereocenters. The normalized spacial score (nSPS) is 19.9. The van der Waals surface area contributed by atoms with E-state index < -0.39 is 11.6 Å². The highest BCUT2D eigenvalue weighted by atomic mass is 79.9. The van der Waals surface area contributed by atoms with Crippen molar-refractivity contribution in [3.05, 3.63) is 123 Å². The molecule has 4 fully saturated rings. The van der Waals surface area contributed by atoms with Gasteiger partial charge in [-0.25, -0.2) is 13.2 Å². The van der Waals surface area contributed by atoms with Crippen LogP contribution < -0.4 is 21.3 Å². The molecule has 0 amide bonds. The van der Waals surface area contributed by atoms with Crippen molar-refractivity contribution in [2.24, 2.45) is 23.2 Å². The second-order valence-electron chi connectivity index (χ2n) is 36.7. The fraction of sp³-hybridized carbons (Fsp3) is 0.718. The van der Waals surface area contributed by atoms with Gasteiger partial charge in [-0.2, -0.15) is 0 Å². The van der Waals surface area contributed by atoms with Gasteiger partial charge in [-0.3, -0.25) is 14.7 Å². The topological polar surface area (TPSA) is 57.8 Å². The van der Waals surface area contributed by atoms with E-state index >= 15 is 0 Å². The Hall–Kier alpha value is -3.32. The van der Waals surface area contributed by atoms with Gasteiger partial charge in [0.1, 0.15) is 17.5 Å². The van der Waals surface area contributed by atoms with Crippen LogP contribution in [0.15, 0.2) is 89.4 Å². The van der Waals surface area contributed by atoms with Crippen molar-refractivity contribution >= 4 is 44.6 Å². The molecule has 2 saturated heterocycles. The lowest BCUT2D eigenvalue weighted by atomic mass is 9.78. The summed E-state index contributed by atoms with van der Waals surface area (Å²) in [6.45, 7) is 67.1. The minimum absolute atomic E-state index is 0.0256. The summed E-state index contributed by atoms with van der Waals surface area (Å²) in [5, 5.41) is 14.1. The number of benzene rings is 4. The molecule has 2 aliphatic heterocycles. The average Bonchev–Trinajstić information content (AvgIpc) is 1.31. The molecule has 12 heteroatoms. The number of anilines is 3. The van der Waals surface area contributed by atoms with Crippen molar-refractivity contribution in [1.82, 2.24) is 20.0 Å². The van der Waals surface area contributed by atoms with E-state index in [4.69, 9.17) is 11.6 Å². The van der Waals surface area contributed by atoms with Crippen LogP contribution in [0, 0.1) is 47.5 Å². The summed E-state index contributed by atoms with van der Waals surface area (Å²) in [6.07, 6.45) is 20.9. The van der Waals surface area contributed by atoms with Gasteiger partial charge in [-0.1, -0.05) is 138 Å². The number of hydrogen-bond donors (Lipinski definition) is 4. The van der Waals surface area contributed by atoms with E-state index in [0.29, 0.717) is 27.7 Å². The Bertz CT molecular complexity index is 2700. The summed E-state index contributed by atoms with van der Waals surface area (Å²) < 4.78 is 39.3. The quantitative estimate of drug-likeness (QED) is 0.153. The van der Waals surface area contributed by atoms with Crippen LogP contribution in [0.1, 0.15) is 288 Å². The van der Waals surface area contributed by atoms with E-state index in [-0.39, 0.29) is 28.0 Å². The molecule has 0 bridgehead atoms. The number of likely N-dealkylation sites (tertiary alicyclic amines) is 2. The van der Waals surface area contributed by atoms with E-state index in [1.54, 1.807) is 12.1 Å². The van der Waals surface area contributed by atoms with Crippen molar-refractivity contribution in [1.29, 1.82) is 0 Å². The van der Waals surface area contributed by atoms with Crippen LogP contribution in [0.3, 0.4) is 0 Å². The van der Waals surface area contributed by atoms with E-state index in [0.717, 1.165) is 58.7 Å². The second kappa shape index (κ2) is 42.3. The Labute approximate surface area is 610 Å². The molecule has 0 spiro atoms. The fourth-order valence-electron chi connectivity index (χ4n) is 12.5. The maximum atomic E-state index is 13.1. The molecule has 8 rings (SSSR count). The Morgan fingerprint density at radius 1 is 0.485 bits per heavy atom. The maximum absolute atomic E-state index is 13.1. The molecule has 97 heavy (non-hydrogen) atoms. The van der Waals surface area contributed by atoms with E-state index in [9.17, 15) is 13.2 Å². The first kappa shape index (κ1) is 91.7. The predicted molar refractivity (Wildman–Crippen MR) is 429 cm³/mol. The molecule has 7 nitrogen and oxygen atoms in total. The van der Waals surface area contributed by atoms with Crippen LogP contribution in [0.2, 0.25) is 5.02 Å². The zero-order chi connectivity index (χ0) is 74.6. The first-order valence-corrected chi connectivity index (χ1v) is 38.5. The highest BCUT2D eigenvalue weighted by molar-refractivity contribution is 9.10. The monoisotopic (exact) mass is 1440 g/mol. The molecule has 2 aliphatic carbocycles. The van der Waals surface area contributed by atoms with Crippen molar-refractivity contribution < 1.29 is 13.2 Å². The third-order valence-electron chi connectivity index (χ3n) is 17.8. The van der Waals surface area contributed by atoms with Gasteiger partial charge in [-0.15, -0.1) is 0 Å². The molecule has 4 aromatic rings. The van der Waals surface area contributed by atoms with Crippen molar-refractivity contribution in [2.45, 2.75) is 341 Å². The third-order valence-corrected chi connectivity index (χ3v) is 18.9. The van der Waals surface area contributed by atoms with Crippen molar-refractivity contribution in [2.75, 3.05) is 49.2 Å². The number of nitrogens with one attached hydrogen (secondary N) is 4. The van der Waals surface area contributed by atoms with E-state index in [1.165, 1.54) is 156 Å². The first-order chi connectivity index (χ1) is 44.3. The number of piperidine rings is 1. The Morgan fingerprint density at radius 2 is 0.928 bits per heavy atom. The molecule has 2 saturated carbocycles. The highest BCUT2D eigenvalue weighted by Crippen LogP contribution is 2.33. The Morgan fingerprint density at radius 3 is 1.33 bits per heavy atom. The molecule has 558 valence electrons. The minimum atomic E-state index is -0.560. The molecule has 4 aliphatic rings. The number of halogens is 5. The van der Waals surface area contributed by atoms with Gasteiger partial charge in [0, 0.05) is 67.1 Å². The molecular weight excluding hydrogens is 1290 g/mol. The smallest absolute Gasteiger partial charge is 0.149 e. The number of rotatable bonds is 6. The van der Waals surface area contributed by atoms with Crippen LogP contribution in [-0.4, -0.2) is 98.8 Å². The van der Waals surface area contributed by atoms with Crippen LogP contribution in [0.5, 0.6) is 0 Å². The molecular formula is C85H148BrClF3N7. The zero-order valence-electron chi connectivity index (χ0n) is 67.6. The Balaban J connectivity index is 0.000000555. The number of nitrogens with zero attached hydrogens (tertiary/aromatic N) is 3. The molecule has 0 aromatic heterocycles. The van der Waals surface area contributed by atoms with Gasteiger partial charge < -0.3 is 21.3 Å². The Kier molecular flexibility index (Phi) is 40.0. The van der Waals surface area contributed by atoms with Gasteiger partial charge in [0.2, 0.25) is 0 Å². The lowest BCUT2D eigenvalue weighted by molar-refractivity contribution is 0.0590. The van der Waals surface area contributed by atoms with Gasteiger partial charge in [0.15, 0.2) is 0 Å². The first-order valence-electron chi connectivity index (χ1n) is 37.3. The van der Waals surface area contributed by atoms with Gasteiger partial charge >= 0.3 is 0 Å². The van der Waals surface area contributed by atoms with Crippen molar-refractivity contribution in [3.63, 3.8) is 0 Å². The molecule has 0 radical (unpaired) electrons. The number of para-hydroxylation sites is 1. The largest absolute Gasteiger partial charge is 0.380 e. The third kappa shape index (κ3) is 42.6. The number of hydrogen-bond acceptors (Lipinski definition) is 7. The fourth-order valence-corrected chi connectivity index (χ4v) is 13.2. The number of aryl methyl sites for hydroxylation is 1. The summed E-state index contributed by atoms with van der Waals surface area (Å²) in [5.41, 5.74) is 6.50. The van der Waals surface area contributed by atoms with Crippen molar-refractivity contribution in [3.8, 4) is 0 Å². The molecule has 4 atom stereocenters. The minimum Gasteiger partial charge on any atom is -0.380 e. The van der Waals surface area contributed by atoms with Gasteiger partial charge in [0.05, 0.1) is 16.4 Å². The van der Waals surface area contributed by atoms with E-state index in [2.05, 4.69) is 262 Å². The van der Waals surface area contributed by atoms with Gasteiger partial charge in [0.25, 0.3) is 0 Å². The molecule has 2 heterocycles. The summed E-state index contributed by atoms with van der Waals surface area (Å²) in [5.74, 6) is 1.27. The zero-order valence-corrected chi connectivity index (χ0v) is 70.0. The lowest BCUT2D eigenvalue weighted by Gasteiger charge is -2.43. The van der Waals surface area contributed by atoms with Crippen LogP contribution in [-0.2, 0) is 6.42 Å².